The number of aromatic nitrogens is 1. The molecule has 1 aliphatic rings. The van der Waals surface area contributed by atoms with Gasteiger partial charge in [-0.1, -0.05) is 0 Å². The summed E-state index contributed by atoms with van der Waals surface area (Å²) in [6.45, 7) is 5.46. The molecule has 14 heavy (non-hydrogen) atoms. The van der Waals surface area contributed by atoms with Crippen molar-refractivity contribution in [1.29, 1.82) is 0 Å². The van der Waals surface area contributed by atoms with Gasteiger partial charge in [-0.3, -0.25) is 0 Å². The third kappa shape index (κ3) is 2.53. The molecule has 1 aromatic rings. The van der Waals surface area contributed by atoms with E-state index in [0.29, 0.717) is 6.04 Å². The van der Waals surface area contributed by atoms with Crippen LogP contribution in [0.3, 0.4) is 0 Å². The molecule has 2 rings (SSSR count). The summed E-state index contributed by atoms with van der Waals surface area (Å²) in [5.74, 6) is 0.787. The number of hydrogen-bond acceptors (Lipinski definition) is 4. The normalized spacial score (nSPS) is 26.9. The molecule has 78 valence electrons. The Morgan fingerprint density at radius 3 is 3.29 bits per heavy atom. The van der Waals surface area contributed by atoms with Gasteiger partial charge in [-0.25, -0.2) is 4.98 Å². The zero-order chi connectivity index (χ0) is 9.80. The number of nitrogens with zero attached hydrogens (tertiary/aromatic N) is 1. The Hall–Kier alpha value is -0.450. The van der Waals surface area contributed by atoms with Crippen LogP contribution in [0.4, 0.5) is 0 Å². The SMILES string of the molecule is CC1NCCC1CNCc1nccs1. The van der Waals surface area contributed by atoms with Crippen LogP contribution in [-0.2, 0) is 6.54 Å². The summed E-state index contributed by atoms with van der Waals surface area (Å²) in [5, 5.41) is 10.1. The number of rotatable bonds is 4. The minimum absolute atomic E-state index is 0.666. The van der Waals surface area contributed by atoms with Crippen molar-refractivity contribution in [3.05, 3.63) is 16.6 Å². The summed E-state index contributed by atoms with van der Waals surface area (Å²) in [6.07, 6.45) is 3.16. The van der Waals surface area contributed by atoms with Crippen molar-refractivity contribution in [2.75, 3.05) is 13.1 Å². The van der Waals surface area contributed by atoms with Gasteiger partial charge in [0.25, 0.3) is 0 Å². The highest BCUT2D eigenvalue weighted by Crippen LogP contribution is 2.13. The molecule has 0 aliphatic carbocycles. The molecule has 3 nitrogen and oxygen atoms in total. The molecule has 2 atom stereocenters. The van der Waals surface area contributed by atoms with Crippen molar-refractivity contribution in [2.45, 2.75) is 25.9 Å². The van der Waals surface area contributed by atoms with Crippen LogP contribution < -0.4 is 10.6 Å². The molecule has 0 bridgehead atoms. The maximum atomic E-state index is 4.24. The topological polar surface area (TPSA) is 37.0 Å². The van der Waals surface area contributed by atoms with Crippen molar-refractivity contribution in [3.8, 4) is 0 Å². The Bertz CT molecular complexity index is 260. The second-order valence-electron chi connectivity index (χ2n) is 3.85. The van der Waals surface area contributed by atoms with E-state index in [-0.39, 0.29) is 0 Å². The van der Waals surface area contributed by atoms with Gasteiger partial charge in [0.15, 0.2) is 0 Å². The minimum atomic E-state index is 0.666. The van der Waals surface area contributed by atoms with Gasteiger partial charge in [-0.15, -0.1) is 11.3 Å². The molecular weight excluding hydrogens is 194 g/mol. The first-order valence-corrected chi connectivity index (χ1v) is 6.06. The second kappa shape index (κ2) is 4.87. The average Bonchev–Trinajstić information content (AvgIpc) is 2.78. The summed E-state index contributed by atoms with van der Waals surface area (Å²) in [7, 11) is 0. The lowest BCUT2D eigenvalue weighted by atomic mass is 10.0. The quantitative estimate of drug-likeness (QED) is 0.786. The van der Waals surface area contributed by atoms with E-state index in [9.17, 15) is 0 Å². The van der Waals surface area contributed by atoms with Gasteiger partial charge < -0.3 is 10.6 Å². The van der Waals surface area contributed by atoms with Gasteiger partial charge in [0.05, 0.1) is 0 Å². The van der Waals surface area contributed by atoms with Crippen molar-refractivity contribution < 1.29 is 0 Å². The van der Waals surface area contributed by atoms with E-state index >= 15 is 0 Å². The van der Waals surface area contributed by atoms with E-state index in [4.69, 9.17) is 0 Å². The molecule has 1 fully saturated rings. The van der Waals surface area contributed by atoms with E-state index in [0.717, 1.165) is 19.0 Å². The summed E-state index contributed by atoms with van der Waals surface area (Å²) in [6, 6.07) is 0.666. The fourth-order valence-electron chi connectivity index (χ4n) is 1.90. The lowest BCUT2D eigenvalue weighted by molar-refractivity contribution is 0.439. The second-order valence-corrected chi connectivity index (χ2v) is 4.83. The van der Waals surface area contributed by atoms with Gasteiger partial charge in [-0.2, -0.15) is 0 Å². The Labute approximate surface area is 88.9 Å². The highest BCUT2D eigenvalue weighted by Gasteiger charge is 2.21. The molecule has 0 radical (unpaired) electrons. The summed E-state index contributed by atoms with van der Waals surface area (Å²) < 4.78 is 0. The Morgan fingerprint density at radius 2 is 2.64 bits per heavy atom. The molecule has 2 unspecified atom stereocenters. The zero-order valence-corrected chi connectivity index (χ0v) is 9.31. The first kappa shape index (κ1) is 10.1. The highest BCUT2D eigenvalue weighted by atomic mass is 32.1. The largest absolute Gasteiger partial charge is 0.314 e. The van der Waals surface area contributed by atoms with Crippen molar-refractivity contribution in [1.82, 2.24) is 15.6 Å². The van der Waals surface area contributed by atoms with Gasteiger partial charge in [0, 0.05) is 24.2 Å². The number of thiazole rings is 1. The zero-order valence-electron chi connectivity index (χ0n) is 8.49. The third-order valence-electron chi connectivity index (χ3n) is 2.85. The molecule has 0 amide bonds. The monoisotopic (exact) mass is 211 g/mol. The average molecular weight is 211 g/mol. The van der Waals surface area contributed by atoms with Crippen LogP contribution in [0.2, 0.25) is 0 Å². The molecule has 4 heteroatoms. The third-order valence-corrected chi connectivity index (χ3v) is 3.63. The van der Waals surface area contributed by atoms with E-state index in [2.05, 4.69) is 22.5 Å². The minimum Gasteiger partial charge on any atom is -0.314 e. The van der Waals surface area contributed by atoms with E-state index < -0.39 is 0 Å². The first-order valence-electron chi connectivity index (χ1n) is 5.19. The van der Waals surface area contributed by atoms with Crippen LogP contribution in [-0.4, -0.2) is 24.1 Å². The predicted octanol–water partition coefficient (Wildman–Crippen LogP) is 1.23. The molecule has 0 aromatic carbocycles. The van der Waals surface area contributed by atoms with E-state index in [1.54, 1.807) is 11.3 Å². The first-order chi connectivity index (χ1) is 6.86. The molecule has 0 saturated carbocycles. The van der Waals surface area contributed by atoms with Crippen LogP contribution in [0.15, 0.2) is 11.6 Å². The molecular formula is C10H17N3S. The smallest absolute Gasteiger partial charge is 0.106 e. The van der Waals surface area contributed by atoms with Crippen molar-refractivity contribution in [3.63, 3.8) is 0 Å². The van der Waals surface area contributed by atoms with Gasteiger partial charge >= 0.3 is 0 Å². The Balaban J connectivity index is 1.68. The van der Waals surface area contributed by atoms with Gasteiger partial charge in [0.2, 0.25) is 0 Å². The van der Waals surface area contributed by atoms with Crippen LogP contribution in [0.5, 0.6) is 0 Å². The highest BCUT2D eigenvalue weighted by molar-refractivity contribution is 7.09. The summed E-state index contributed by atoms with van der Waals surface area (Å²) in [5.41, 5.74) is 0. The fourth-order valence-corrected chi connectivity index (χ4v) is 2.48. The molecule has 1 aliphatic heterocycles. The summed E-state index contributed by atoms with van der Waals surface area (Å²) in [4.78, 5) is 4.24. The number of nitrogens with one attached hydrogen (secondary N) is 2. The van der Waals surface area contributed by atoms with Crippen molar-refractivity contribution in [2.24, 2.45) is 5.92 Å². The van der Waals surface area contributed by atoms with E-state index in [1.807, 2.05) is 11.6 Å². The summed E-state index contributed by atoms with van der Waals surface area (Å²) >= 11 is 1.72. The Kier molecular flexibility index (Phi) is 3.50. The van der Waals surface area contributed by atoms with Gasteiger partial charge in [0.1, 0.15) is 5.01 Å². The van der Waals surface area contributed by atoms with E-state index in [1.165, 1.54) is 18.0 Å². The Morgan fingerprint density at radius 1 is 1.71 bits per heavy atom. The molecule has 0 spiro atoms. The van der Waals surface area contributed by atoms with Crippen LogP contribution in [0, 0.1) is 5.92 Å². The van der Waals surface area contributed by atoms with Gasteiger partial charge in [-0.05, 0) is 32.4 Å². The van der Waals surface area contributed by atoms with Crippen LogP contribution in [0.1, 0.15) is 18.4 Å². The lowest BCUT2D eigenvalue weighted by Crippen LogP contribution is -2.30. The van der Waals surface area contributed by atoms with Crippen molar-refractivity contribution >= 4 is 11.3 Å². The maximum Gasteiger partial charge on any atom is 0.106 e. The molecule has 2 heterocycles. The van der Waals surface area contributed by atoms with Crippen LogP contribution >= 0.6 is 11.3 Å². The fraction of sp³-hybridized carbons (Fsp3) is 0.700. The molecule has 1 saturated heterocycles. The number of hydrogen-bond donors (Lipinski definition) is 2. The van der Waals surface area contributed by atoms with Crippen LogP contribution in [0.25, 0.3) is 0 Å². The standard InChI is InChI=1S/C10H17N3S/c1-8-9(2-3-12-8)6-11-7-10-13-4-5-14-10/h4-5,8-9,11-12H,2-3,6-7H2,1H3. The molecule has 2 N–H and O–H groups in total. The lowest BCUT2D eigenvalue weighted by Gasteiger charge is -2.14. The molecule has 1 aromatic heterocycles. The maximum absolute atomic E-state index is 4.24. The predicted molar refractivity (Wildman–Crippen MR) is 59.4 cm³/mol.